The van der Waals surface area contributed by atoms with E-state index in [1.54, 1.807) is 36.3 Å². The molecule has 1 aliphatic heterocycles. The average Bonchev–Trinajstić information content (AvgIpc) is 3.27. The van der Waals surface area contributed by atoms with Gasteiger partial charge in [-0.15, -0.1) is 0 Å². The third-order valence-corrected chi connectivity index (χ3v) is 9.10. The van der Waals surface area contributed by atoms with Gasteiger partial charge in [-0.3, -0.25) is 9.59 Å². The number of carbonyl (C=O) groups excluding carboxylic acids is 2. The van der Waals surface area contributed by atoms with Crippen LogP contribution in [0.1, 0.15) is 65.1 Å². The molecule has 2 heterocycles. The lowest BCUT2D eigenvalue weighted by Crippen LogP contribution is -2.38. The Morgan fingerprint density at radius 2 is 1.80 bits per heavy atom. The van der Waals surface area contributed by atoms with Crippen molar-refractivity contribution >= 4 is 34.6 Å². The van der Waals surface area contributed by atoms with Gasteiger partial charge in [0.1, 0.15) is 12.4 Å². The second kappa shape index (κ2) is 14.2. The summed E-state index contributed by atoms with van der Waals surface area (Å²) in [5.74, 6) is 0.0349. The number of Topliss-reactive ketones (excluding diaryl/α,β-unsaturated/α-hetero) is 1. The minimum absolute atomic E-state index is 0.0400. The van der Waals surface area contributed by atoms with Gasteiger partial charge in [-0.2, -0.15) is 0 Å². The Morgan fingerprint density at radius 1 is 1.02 bits per heavy atom. The number of carbonyl (C=O) groups is 3. The molecule has 1 fully saturated rings. The third-order valence-electron chi connectivity index (χ3n) is 9.10. The number of ketones is 1. The zero-order valence-corrected chi connectivity index (χ0v) is 26.2. The molecule has 0 spiro atoms. The normalized spacial score (nSPS) is 14.8. The quantitative estimate of drug-likeness (QED) is 0.186. The lowest BCUT2D eigenvalue weighted by atomic mass is 9.81. The van der Waals surface area contributed by atoms with Crippen LogP contribution in [0.3, 0.4) is 0 Å². The number of ether oxygens (including phenoxy) is 2. The molecule has 8 nitrogen and oxygen atoms in total. The molecule has 1 aliphatic carbocycles. The number of rotatable bonds is 11. The number of benzene rings is 3. The molecule has 0 radical (unpaired) electrons. The Bertz CT molecular complexity index is 1760. The van der Waals surface area contributed by atoms with Gasteiger partial charge in [0.05, 0.1) is 25.4 Å². The van der Waals surface area contributed by atoms with E-state index in [1.165, 1.54) is 42.0 Å². The first-order chi connectivity index (χ1) is 22.4. The van der Waals surface area contributed by atoms with Crippen molar-refractivity contribution in [2.45, 2.75) is 51.0 Å². The first-order valence-electron chi connectivity index (χ1n) is 16.1. The minimum atomic E-state index is -1.02. The van der Waals surface area contributed by atoms with Crippen molar-refractivity contribution in [3.8, 4) is 17.0 Å². The second-order valence-electron chi connectivity index (χ2n) is 12.2. The third kappa shape index (κ3) is 6.77. The minimum Gasteiger partial charge on any atom is -0.491 e. The largest absolute Gasteiger partial charge is 0.491 e. The topological polar surface area (TPSA) is 98.1 Å². The highest BCUT2D eigenvalue weighted by Crippen LogP contribution is 2.47. The van der Waals surface area contributed by atoms with Crippen LogP contribution >= 0.6 is 0 Å². The van der Waals surface area contributed by atoms with Crippen LogP contribution in [-0.4, -0.2) is 65.6 Å². The van der Waals surface area contributed by atoms with Crippen LogP contribution in [0, 0.1) is 0 Å². The fourth-order valence-electron chi connectivity index (χ4n) is 6.92. The molecule has 0 atom stereocenters. The van der Waals surface area contributed by atoms with Crippen LogP contribution in [0.2, 0.25) is 0 Å². The first kappa shape index (κ1) is 31.3. The lowest BCUT2D eigenvalue weighted by molar-refractivity contribution is -0.131. The summed E-state index contributed by atoms with van der Waals surface area (Å²) in [4.78, 5) is 39.6. The SMILES string of the molecule is COCCN(CC(=O)Cc1ccc(/C=C/C(=O)O)cc1)C(=O)c1ccc2c(C3CCCCC3)c3n(c2c1)CCOc1ccccc1-3. The van der Waals surface area contributed by atoms with Gasteiger partial charge in [0.2, 0.25) is 0 Å². The lowest BCUT2D eigenvalue weighted by Gasteiger charge is -2.23. The zero-order chi connectivity index (χ0) is 32.0. The maximum Gasteiger partial charge on any atom is 0.328 e. The van der Waals surface area contributed by atoms with Crippen LogP contribution in [0.15, 0.2) is 72.8 Å². The first-order valence-corrected chi connectivity index (χ1v) is 16.1. The second-order valence-corrected chi connectivity index (χ2v) is 12.2. The molecule has 4 aromatic rings. The standard InChI is InChI=1S/C38H40N2O6/c1-45-21-19-39(25-30(41)23-27-13-11-26(12-14-27)15-18-35(42)43)38(44)29-16-17-31-33(24-29)40-20-22-46-34-10-6-5-9-32(34)37(40)36(31)28-7-3-2-4-8-28/h5-6,9-18,24,28H,2-4,7-8,19-23,25H2,1H3,(H,42,43)/b18-15+. The molecule has 8 heteroatoms. The van der Waals surface area contributed by atoms with Crippen molar-refractivity contribution in [1.29, 1.82) is 0 Å². The summed E-state index contributed by atoms with van der Waals surface area (Å²) >= 11 is 0. The van der Waals surface area contributed by atoms with Crippen molar-refractivity contribution in [1.82, 2.24) is 9.47 Å². The molecule has 1 aromatic heterocycles. The fraction of sp³-hybridized carbons (Fsp3) is 0.342. The molecule has 238 valence electrons. The van der Waals surface area contributed by atoms with Crippen LogP contribution in [-0.2, 0) is 27.3 Å². The molecule has 1 N–H and O–H groups in total. The maximum atomic E-state index is 14.0. The fourth-order valence-corrected chi connectivity index (χ4v) is 6.92. The van der Waals surface area contributed by atoms with E-state index in [1.807, 2.05) is 24.3 Å². The molecule has 46 heavy (non-hydrogen) atoms. The van der Waals surface area contributed by atoms with Gasteiger partial charge >= 0.3 is 5.97 Å². The number of methoxy groups -OCH3 is 1. The van der Waals surface area contributed by atoms with Gasteiger partial charge in [-0.1, -0.05) is 61.7 Å². The molecule has 2 aliphatic rings. The molecule has 1 saturated carbocycles. The monoisotopic (exact) mass is 620 g/mol. The predicted molar refractivity (Wildman–Crippen MR) is 178 cm³/mol. The number of hydrogen-bond acceptors (Lipinski definition) is 5. The van der Waals surface area contributed by atoms with Gasteiger partial charge < -0.3 is 24.0 Å². The Balaban J connectivity index is 1.30. The maximum absolute atomic E-state index is 14.0. The van der Waals surface area contributed by atoms with E-state index in [9.17, 15) is 14.4 Å². The van der Waals surface area contributed by atoms with E-state index in [-0.39, 0.29) is 24.7 Å². The van der Waals surface area contributed by atoms with Gasteiger partial charge in [-0.05, 0) is 65.8 Å². The van der Waals surface area contributed by atoms with Crippen LogP contribution in [0.5, 0.6) is 5.75 Å². The van der Waals surface area contributed by atoms with Gasteiger partial charge in [-0.25, -0.2) is 4.79 Å². The van der Waals surface area contributed by atoms with Crippen LogP contribution in [0.25, 0.3) is 28.2 Å². The highest BCUT2D eigenvalue weighted by molar-refractivity contribution is 6.02. The highest BCUT2D eigenvalue weighted by atomic mass is 16.5. The van der Waals surface area contributed by atoms with Crippen molar-refractivity contribution in [3.05, 3.63) is 95.1 Å². The number of nitrogens with zero attached hydrogens (tertiary/aromatic N) is 2. The van der Waals surface area contributed by atoms with Crippen molar-refractivity contribution in [2.75, 3.05) is 33.4 Å². The summed E-state index contributed by atoms with van der Waals surface area (Å²) in [7, 11) is 1.58. The van der Waals surface area contributed by atoms with E-state index < -0.39 is 5.97 Å². The average molecular weight is 621 g/mol. The number of para-hydroxylation sites is 1. The Morgan fingerprint density at radius 3 is 2.57 bits per heavy atom. The van der Waals surface area contributed by atoms with Crippen LogP contribution < -0.4 is 4.74 Å². The summed E-state index contributed by atoms with van der Waals surface area (Å²) in [6.45, 7) is 1.79. The molecule has 3 aromatic carbocycles. The van der Waals surface area contributed by atoms with Gasteiger partial charge in [0.15, 0.2) is 5.78 Å². The predicted octanol–water partition coefficient (Wildman–Crippen LogP) is 6.75. The van der Waals surface area contributed by atoms with E-state index >= 15 is 0 Å². The number of hydrogen-bond donors (Lipinski definition) is 1. The molecule has 0 bridgehead atoms. The summed E-state index contributed by atoms with van der Waals surface area (Å²) in [5, 5.41) is 10.0. The molecule has 1 amide bonds. The number of carboxylic acid groups (broad SMARTS) is 1. The Labute approximate surface area is 269 Å². The molecular formula is C38H40N2O6. The summed E-state index contributed by atoms with van der Waals surface area (Å²) in [5.41, 5.74) is 6.76. The number of amides is 1. The highest BCUT2D eigenvalue weighted by Gasteiger charge is 2.30. The number of fused-ring (bicyclic) bond motifs is 5. The van der Waals surface area contributed by atoms with E-state index in [4.69, 9.17) is 14.6 Å². The molecule has 6 rings (SSSR count). The molecule has 0 unspecified atom stereocenters. The molecule has 0 saturated heterocycles. The number of carboxylic acids is 1. The summed E-state index contributed by atoms with van der Waals surface area (Å²) in [6.07, 6.45) is 8.77. The van der Waals surface area contributed by atoms with Crippen molar-refractivity contribution in [2.24, 2.45) is 0 Å². The summed E-state index contributed by atoms with van der Waals surface area (Å²) in [6, 6.07) is 21.4. The van der Waals surface area contributed by atoms with E-state index in [0.29, 0.717) is 37.8 Å². The Kier molecular flexibility index (Phi) is 9.64. The van der Waals surface area contributed by atoms with Gasteiger partial charge in [0.25, 0.3) is 5.91 Å². The van der Waals surface area contributed by atoms with Crippen molar-refractivity contribution < 1.29 is 29.0 Å². The van der Waals surface area contributed by atoms with E-state index in [2.05, 4.69) is 22.8 Å². The summed E-state index contributed by atoms with van der Waals surface area (Å²) < 4.78 is 13.8. The van der Waals surface area contributed by atoms with Crippen molar-refractivity contribution in [3.63, 3.8) is 0 Å². The number of aliphatic carboxylic acids is 1. The number of aromatic nitrogens is 1. The Hall–Kier alpha value is -4.69. The molecular weight excluding hydrogens is 580 g/mol. The zero-order valence-electron chi connectivity index (χ0n) is 26.2. The van der Waals surface area contributed by atoms with Gasteiger partial charge in [0, 0.05) is 48.2 Å². The van der Waals surface area contributed by atoms with E-state index in [0.717, 1.165) is 46.9 Å². The van der Waals surface area contributed by atoms with Crippen LogP contribution in [0.4, 0.5) is 0 Å². The smallest absolute Gasteiger partial charge is 0.328 e.